The van der Waals surface area contributed by atoms with Crippen LogP contribution < -0.4 is 5.43 Å². The lowest BCUT2D eigenvalue weighted by atomic mass is 10.1. The van der Waals surface area contributed by atoms with E-state index in [9.17, 15) is 14.9 Å². The Morgan fingerprint density at radius 2 is 1.96 bits per heavy atom. The summed E-state index contributed by atoms with van der Waals surface area (Å²) in [6, 6.07) is 10.5. The Kier molecular flexibility index (Phi) is 5.31. The van der Waals surface area contributed by atoms with E-state index in [-0.39, 0.29) is 16.3 Å². The van der Waals surface area contributed by atoms with Gasteiger partial charge >= 0.3 is 0 Å². The van der Waals surface area contributed by atoms with Crippen LogP contribution in [0.15, 0.2) is 47.6 Å². The standard InChI is InChI=1S/C15H11Cl2N3O3/c1-9(10-3-2-4-12(7-10)20(22)23)18-19-15(21)13-8-11(16)5-6-14(13)17/h2-8H,1H3,(H,19,21)/b18-9-. The molecule has 8 heteroatoms. The number of nitrogens with zero attached hydrogens (tertiary/aromatic N) is 2. The molecule has 0 spiro atoms. The van der Waals surface area contributed by atoms with Crippen LogP contribution in [0.1, 0.15) is 22.8 Å². The zero-order valence-corrected chi connectivity index (χ0v) is 13.4. The second-order valence-corrected chi connectivity index (χ2v) is 5.41. The van der Waals surface area contributed by atoms with Crippen LogP contribution in [0.3, 0.4) is 0 Å². The predicted molar refractivity (Wildman–Crippen MR) is 89.2 cm³/mol. The van der Waals surface area contributed by atoms with Crippen molar-refractivity contribution in [2.45, 2.75) is 6.92 Å². The molecular weight excluding hydrogens is 341 g/mol. The zero-order valence-electron chi connectivity index (χ0n) is 11.9. The number of nitro benzene ring substituents is 1. The van der Waals surface area contributed by atoms with E-state index >= 15 is 0 Å². The molecule has 0 heterocycles. The minimum Gasteiger partial charge on any atom is -0.267 e. The lowest BCUT2D eigenvalue weighted by molar-refractivity contribution is -0.384. The van der Waals surface area contributed by atoms with E-state index in [4.69, 9.17) is 23.2 Å². The molecule has 1 amide bonds. The number of carbonyl (C=O) groups excluding carboxylic acids is 1. The molecule has 2 rings (SSSR count). The van der Waals surface area contributed by atoms with Crippen molar-refractivity contribution in [2.75, 3.05) is 0 Å². The fourth-order valence-corrected chi connectivity index (χ4v) is 2.15. The van der Waals surface area contributed by atoms with Crippen molar-refractivity contribution in [3.8, 4) is 0 Å². The highest BCUT2D eigenvalue weighted by Crippen LogP contribution is 2.20. The minimum absolute atomic E-state index is 0.0544. The van der Waals surface area contributed by atoms with Gasteiger partial charge in [-0.2, -0.15) is 5.10 Å². The van der Waals surface area contributed by atoms with E-state index in [0.29, 0.717) is 16.3 Å². The van der Waals surface area contributed by atoms with Crippen LogP contribution in [-0.4, -0.2) is 16.5 Å². The molecule has 1 N–H and O–H groups in total. The number of halogens is 2. The first-order valence-corrected chi connectivity index (χ1v) is 7.18. The van der Waals surface area contributed by atoms with E-state index < -0.39 is 10.8 Å². The highest BCUT2D eigenvalue weighted by Gasteiger charge is 2.11. The number of carbonyl (C=O) groups is 1. The Morgan fingerprint density at radius 1 is 1.22 bits per heavy atom. The van der Waals surface area contributed by atoms with E-state index in [1.807, 2.05) is 0 Å². The number of non-ortho nitro benzene ring substituents is 1. The summed E-state index contributed by atoms with van der Waals surface area (Å²) in [5, 5.41) is 15.3. The second-order valence-electron chi connectivity index (χ2n) is 4.57. The normalized spacial score (nSPS) is 11.2. The molecule has 0 unspecified atom stereocenters. The average Bonchev–Trinajstić information content (AvgIpc) is 2.54. The minimum atomic E-state index is -0.526. The SMILES string of the molecule is C/C(=N/NC(=O)c1cc(Cl)ccc1Cl)c1cccc([N+](=O)[O-])c1. The maximum Gasteiger partial charge on any atom is 0.272 e. The third-order valence-electron chi connectivity index (χ3n) is 2.97. The van der Waals surface area contributed by atoms with E-state index in [1.54, 1.807) is 25.1 Å². The van der Waals surface area contributed by atoms with Gasteiger partial charge in [0.25, 0.3) is 11.6 Å². The van der Waals surface area contributed by atoms with Crippen LogP contribution in [0.25, 0.3) is 0 Å². The quantitative estimate of drug-likeness (QED) is 0.512. The van der Waals surface area contributed by atoms with Gasteiger partial charge in [-0.1, -0.05) is 35.3 Å². The molecule has 0 bridgehead atoms. The lowest BCUT2D eigenvalue weighted by Gasteiger charge is -2.05. The van der Waals surface area contributed by atoms with Crippen LogP contribution in [0.2, 0.25) is 10.0 Å². The summed E-state index contributed by atoms with van der Waals surface area (Å²) in [5.41, 5.74) is 3.43. The van der Waals surface area contributed by atoms with Gasteiger partial charge < -0.3 is 0 Å². The number of nitro groups is 1. The number of nitrogens with one attached hydrogen (secondary N) is 1. The monoisotopic (exact) mass is 351 g/mol. The Balaban J connectivity index is 2.19. The molecule has 0 atom stereocenters. The number of rotatable bonds is 4. The first kappa shape index (κ1) is 16.9. The van der Waals surface area contributed by atoms with Gasteiger partial charge in [0.1, 0.15) is 0 Å². The molecule has 2 aromatic rings. The summed E-state index contributed by atoms with van der Waals surface area (Å²) in [6.07, 6.45) is 0. The van der Waals surface area contributed by atoms with Crippen molar-refractivity contribution in [3.63, 3.8) is 0 Å². The summed E-state index contributed by atoms with van der Waals surface area (Å²) in [6.45, 7) is 1.62. The summed E-state index contributed by atoms with van der Waals surface area (Å²) >= 11 is 11.8. The molecule has 0 aliphatic rings. The Morgan fingerprint density at radius 3 is 2.65 bits per heavy atom. The Bertz CT molecular complexity index is 806. The number of hydrogen-bond acceptors (Lipinski definition) is 4. The maximum atomic E-state index is 12.1. The van der Waals surface area contributed by atoms with Crippen LogP contribution in [0.4, 0.5) is 5.69 Å². The first-order chi connectivity index (χ1) is 10.9. The average molecular weight is 352 g/mol. The van der Waals surface area contributed by atoms with Gasteiger partial charge in [0.05, 0.1) is 21.2 Å². The molecule has 0 saturated carbocycles. The number of amides is 1. The van der Waals surface area contributed by atoms with E-state index in [1.165, 1.54) is 24.3 Å². The first-order valence-electron chi connectivity index (χ1n) is 6.43. The van der Waals surface area contributed by atoms with Gasteiger partial charge in [-0.05, 0) is 25.1 Å². The van der Waals surface area contributed by atoms with Gasteiger partial charge in [0.2, 0.25) is 0 Å². The Hall–Kier alpha value is -2.44. The maximum absolute atomic E-state index is 12.1. The number of benzene rings is 2. The molecule has 0 aliphatic carbocycles. The third-order valence-corrected chi connectivity index (χ3v) is 3.54. The van der Waals surface area contributed by atoms with E-state index in [0.717, 1.165) is 0 Å². The molecule has 118 valence electrons. The summed E-state index contributed by atoms with van der Waals surface area (Å²) in [7, 11) is 0. The fraction of sp³-hybridized carbons (Fsp3) is 0.0667. The highest BCUT2D eigenvalue weighted by atomic mass is 35.5. The van der Waals surface area contributed by atoms with Crippen molar-refractivity contribution >= 4 is 40.5 Å². The predicted octanol–water partition coefficient (Wildman–Crippen LogP) is 4.06. The number of hydrazone groups is 1. The highest BCUT2D eigenvalue weighted by molar-refractivity contribution is 6.35. The van der Waals surface area contributed by atoms with Crippen molar-refractivity contribution in [1.82, 2.24) is 5.43 Å². The van der Waals surface area contributed by atoms with Gasteiger partial charge in [0, 0.05) is 22.7 Å². The summed E-state index contributed by atoms with van der Waals surface area (Å²) < 4.78 is 0. The van der Waals surface area contributed by atoms with Crippen LogP contribution in [0.5, 0.6) is 0 Å². The topological polar surface area (TPSA) is 84.6 Å². The smallest absolute Gasteiger partial charge is 0.267 e. The summed E-state index contributed by atoms with van der Waals surface area (Å²) in [4.78, 5) is 22.3. The molecule has 0 saturated heterocycles. The van der Waals surface area contributed by atoms with Crippen molar-refractivity contribution in [2.24, 2.45) is 5.10 Å². The van der Waals surface area contributed by atoms with Crippen LogP contribution in [0, 0.1) is 10.1 Å². The molecular formula is C15H11Cl2N3O3. The summed E-state index contributed by atoms with van der Waals surface area (Å²) in [5.74, 6) is -0.526. The molecule has 0 radical (unpaired) electrons. The van der Waals surface area contributed by atoms with E-state index in [2.05, 4.69) is 10.5 Å². The molecule has 0 aromatic heterocycles. The molecule has 2 aromatic carbocycles. The van der Waals surface area contributed by atoms with Gasteiger partial charge in [-0.15, -0.1) is 0 Å². The van der Waals surface area contributed by atoms with Crippen molar-refractivity contribution in [3.05, 3.63) is 73.8 Å². The third kappa shape index (κ3) is 4.28. The zero-order chi connectivity index (χ0) is 17.0. The van der Waals surface area contributed by atoms with Crippen LogP contribution in [-0.2, 0) is 0 Å². The second kappa shape index (κ2) is 7.21. The molecule has 0 aliphatic heterocycles. The molecule has 0 fully saturated rings. The van der Waals surface area contributed by atoms with Gasteiger partial charge in [-0.25, -0.2) is 5.43 Å². The van der Waals surface area contributed by atoms with Crippen molar-refractivity contribution < 1.29 is 9.72 Å². The lowest BCUT2D eigenvalue weighted by Crippen LogP contribution is -2.19. The van der Waals surface area contributed by atoms with Crippen molar-refractivity contribution in [1.29, 1.82) is 0 Å². The Labute approximate surface area is 141 Å². The number of hydrogen-bond donors (Lipinski definition) is 1. The van der Waals surface area contributed by atoms with Crippen LogP contribution >= 0.6 is 23.2 Å². The largest absolute Gasteiger partial charge is 0.272 e. The van der Waals surface area contributed by atoms with Gasteiger partial charge in [0.15, 0.2) is 0 Å². The molecule has 23 heavy (non-hydrogen) atoms. The van der Waals surface area contributed by atoms with Gasteiger partial charge in [-0.3, -0.25) is 14.9 Å². The molecule has 6 nitrogen and oxygen atoms in total. The fourth-order valence-electron chi connectivity index (χ4n) is 1.78.